The Morgan fingerprint density at radius 1 is 1.40 bits per heavy atom. The summed E-state index contributed by atoms with van der Waals surface area (Å²) in [7, 11) is 1.52. The van der Waals surface area contributed by atoms with E-state index in [1.807, 2.05) is 0 Å². The molecule has 0 radical (unpaired) electrons. The molecule has 1 aromatic rings. The molecule has 1 N–H and O–H groups in total. The van der Waals surface area contributed by atoms with Gasteiger partial charge >= 0.3 is 0 Å². The van der Waals surface area contributed by atoms with Crippen molar-refractivity contribution >= 4 is 25.6 Å². The van der Waals surface area contributed by atoms with Gasteiger partial charge in [0.1, 0.15) is 5.75 Å². The highest BCUT2D eigenvalue weighted by Gasteiger charge is 2.17. The highest BCUT2D eigenvalue weighted by Crippen LogP contribution is 2.28. The highest BCUT2D eigenvalue weighted by molar-refractivity contribution is 8.13. The lowest BCUT2D eigenvalue weighted by molar-refractivity contribution is -0.122. The Hall–Kier alpha value is -1.71. The van der Waals surface area contributed by atoms with Gasteiger partial charge in [-0.05, 0) is 37.1 Å². The van der Waals surface area contributed by atoms with Gasteiger partial charge in [-0.25, -0.2) is 8.42 Å². The number of rotatable bonds is 5. The summed E-state index contributed by atoms with van der Waals surface area (Å²) in [4.78, 5) is 11.4. The molecule has 0 heterocycles. The summed E-state index contributed by atoms with van der Waals surface area (Å²) in [5.74, 6) is 2.34. The second kappa shape index (κ2) is 6.64. The predicted molar refractivity (Wildman–Crippen MR) is 76.3 cm³/mol. The number of terminal acetylenes is 1. The van der Waals surface area contributed by atoms with Crippen LogP contribution < -0.4 is 10.1 Å². The Bertz CT molecular complexity index is 662. The van der Waals surface area contributed by atoms with Crippen LogP contribution in [-0.4, -0.2) is 27.5 Å². The molecule has 20 heavy (non-hydrogen) atoms. The first-order chi connectivity index (χ1) is 9.27. The van der Waals surface area contributed by atoms with E-state index in [4.69, 9.17) is 21.8 Å². The van der Waals surface area contributed by atoms with Crippen molar-refractivity contribution in [2.45, 2.75) is 18.7 Å². The number of carbonyl (C=O) groups excluding carboxylic acids is 1. The number of benzene rings is 1. The SMILES string of the molecule is C#CCNC(=O)COc1ccc(S(=O)(=O)Cl)c(C)c1C. The zero-order valence-electron chi connectivity index (χ0n) is 11.1. The zero-order valence-corrected chi connectivity index (χ0v) is 12.6. The molecular weight excluding hydrogens is 302 g/mol. The molecule has 7 heteroatoms. The number of amides is 1. The van der Waals surface area contributed by atoms with E-state index in [1.54, 1.807) is 13.8 Å². The van der Waals surface area contributed by atoms with E-state index in [-0.39, 0.29) is 24.0 Å². The molecule has 0 unspecified atom stereocenters. The van der Waals surface area contributed by atoms with Crippen LogP contribution in [0.15, 0.2) is 17.0 Å². The van der Waals surface area contributed by atoms with Crippen LogP contribution in [0.25, 0.3) is 0 Å². The zero-order chi connectivity index (χ0) is 15.3. The van der Waals surface area contributed by atoms with Gasteiger partial charge in [0.05, 0.1) is 11.4 Å². The van der Waals surface area contributed by atoms with E-state index in [0.717, 1.165) is 0 Å². The molecule has 1 aromatic carbocycles. The summed E-state index contributed by atoms with van der Waals surface area (Å²) >= 11 is 0. The fourth-order valence-electron chi connectivity index (χ4n) is 1.54. The van der Waals surface area contributed by atoms with Crippen molar-refractivity contribution in [1.29, 1.82) is 0 Å². The van der Waals surface area contributed by atoms with Crippen molar-refractivity contribution in [3.8, 4) is 18.1 Å². The van der Waals surface area contributed by atoms with Gasteiger partial charge in [0.25, 0.3) is 15.0 Å². The van der Waals surface area contributed by atoms with Crippen LogP contribution in [0.1, 0.15) is 11.1 Å². The smallest absolute Gasteiger partial charge is 0.261 e. The van der Waals surface area contributed by atoms with Crippen molar-refractivity contribution < 1.29 is 17.9 Å². The minimum Gasteiger partial charge on any atom is -0.483 e. The van der Waals surface area contributed by atoms with E-state index in [2.05, 4.69) is 11.2 Å². The normalized spacial score (nSPS) is 10.7. The molecule has 0 spiro atoms. The van der Waals surface area contributed by atoms with Crippen molar-refractivity contribution in [3.05, 3.63) is 23.3 Å². The lowest BCUT2D eigenvalue weighted by atomic mass is 10.1. The van der Waals surface area contributed by atoms with Crippen LogP contribution in [0, 0.1) is 26.2 Å². The van der Waals surface area contributed by atoms with E-state index in [9.17, 15) is 13.2 Å². The standard InChI is InChI=1S/C13H14ClNO4S/c1-4-7-15-13(16)8-19-11-5-6-12(20(14,17)18)10(3)9(11)2/h1,5-6H,7-8H2,2-3H3,(H,15,16). The first-order valence-corrected chi connectivity index (χ1v) is 7.96. The van der Waals surface area contributed by atoms with E-state index in [0.29, 0.717) is 16.9 Å². The van der Waals surface area contributed by atoms with Gasteiger partial charge in [-0.15, -0.1) is 6.42 Å². The lowest BCUT2D eigenvalue weighted by Crippen LogP contribution is -2.29. The lowest BCUT2D eigenvalue weighted by Gasteiger charge is -2.12. The molecule has 0 atom stereocenters. The molecule has 0 bridgehead atoms. The third-order valence-electron chi connectivity index (χ3n) is 2.70. The average molecular weight is 316 g/mol. The third-order valence-corrected chi connectivity index (χ3v) is 4.16. The molecule has 1 rings (SSSR count). The molecule has 0 saturated carbocycles. The van der Waals surface area contributed by atoms with Gasteiger partial charge in [-0.1, -0.05) is 5.92 Å². The molecule has 5 nitrogen and oxygen atoms in total. The van der Waals surface area contributed by atoms with Crippen molar-refractivity contribution in [3.63, 3.8) is 0 Å². The summed E-state index contributed by atoms with van der Waals surface area (Å²) in [6.45, 7) is 3.24. The van der Waals surface area contributed by atoms with Gasteiger partial charge in [0.2, 0.25) is 0 Å². The van der Waals surface area contributed by atoms with Gasteiger partial charge in [-0.2, -0.15) is 0 Å². The fraction of sp³-hybridized carbons (Fsp3) is 0.308. The van der Waals surface area contributed by atoms with E-state index >= 15 is 0 Å². The minimum absolute atomic E-state index is 0.0285. The molecular formula is C13H14ClNO4S. The van der Waals surface area contributed by atoms with Crippen molar-refractivity contribution in [1.82, 2.24) is 5.32 Å². The number of hydrogen-bond donors (Lipinski definition) is 1. The Morgan fingerprint density at radius 2 is 2.05 bits per heavy atom. The van der Waals surface area contributed by atoms with Gasteiger partial charge in [0, 0.05) is 10.7 Å². The van der Waals surface area contributed by atoms with Gasteiger partial charge in [0.15, 0.2) is 6.61 Å². The summed E-state index contributed by atoms with van der Waals surface area (Å²) in [5.41, 5.74) is 1.10. The summed E-state index contributed by atoms with van der Waals surface area (Å²) in [6.07, 6.45) is 5.01. The van der Waals surface area contributed by atoms with Crippen molar-refractivity contribution in [2.24, 2.45) is 0 Å². The van der Waals surface area contributed by atoms with Crippen molar-refractivity contribution in [2.75, 3.05) is 13.2 Å². The number of ether oxygens (including phenoxy) is 1. The van der Waals surface area contributed by atoms with Gasteiger partial charge < -0.3 is 10.1 Å². The predicted octanol–water partition coefficient (Wildman–Crippen LogP) is 1.36. The maximum Gasteiger partial charge on any atom is 0.261 e. The topological polar surface area (TPSA) is 72.5 Å². The van der Waals surface area contributed by atoms with Gasteiger partial charge in [-0.3, -0.25) is 4.79 Å². The largest absolute Gasteiger partial charge is 0.483 e. The quantitative estimate of drug-likeness (QED) is 0.658. The molecule has 0 saturated heterocycles. The second-order valence-electron chi connectivity index (χ2n) is 4.02. The number of hydrogen-bond acceptors (Lipinski definition) is 4. The average Bonchev–Trinajstić information content (AvgIpc) is 2.36. The molecule has 0 aliphatic carbocycles. The molecule has 0 aliphatic rings. The van der Waals surface area contributed by atoms with Crippen LogP contribution >= 0.6 is 10.7 Å². The molecule has 0 aromatic heterocycles. The monoisotopic (exact) mass is 315 g/mol. The molecule has 108 valence electrons. The maximum atomic E-state index is 11.3. The molecule has 0 aliphatic heterocycles. The third kappa shape index (κ3) is 4.15. The minimum atomic E-state index is -3.80. The Balaban J connectivity index is 2.87. The van der Waals surface area contributed by atoms with Crippen LogP contribution in [0.3, 0.4) is 0 Å². The number of nitrogens with one attached hydrogen (secondary N) is 1. The number of halogens is 1. The highest BCUT2D eigenvalue weighted by atomic mass is 35.7. The van der Waals surface area contributed by atoms with Crippen LogP contribution in [0.4, 0.5) is 0 Å². The van der Waals surface area contributed by atoms with Crippen LogP contribution in [-0.2, 0) is 13.8 Å². The fourth-order valence-corrected chi connectivity index (χ4v) is 2.79. The first kappa shape index (κ1) is 16.3. The van der Waals surface area contributed by atoms with Crippen LogP contribution in [0.2, 0.25) is 0 Å². The Labute approximate surface area is 122 Å². The number of carbonyl (C=O) groups is 1. The Morgan fingerprint density at radius 3 is 2.60 bits per heavy atom. The molecule has 0 fully saturated rings. The summed E-state index contributed by atoms with van der Waals surface area (Å²) in [5, 5.41) is 2.46. The summed E-state index contributed by atoms with van der Waals surface area (Å²) < 4.78 is 28.0. The second-order valence-corrected chi connectivity index (χ2v) is 6.55. The molecule has 1 amide bonds. The summed E-state index contributed by atoms with van der Waals surface area (Å²) in [6, 6.07) is 2.81. The van der Waals surface area contributed by atoms with E-state index < -0.39 is 9.05 Å². The Kier molecular flexibility index (Phi) is 5.43. The maximum absolute atomic E-state index is 11.3. The first-order valence-electron chi connectivity index (χ1n) is 5.65. The van der Waals surface area contributed by atoms with Crippen LogP contribution in [0.5, 0.6) is 5.75 Å². The van der Waals surface area contributed by atoms with E-state index in [1.165, 1.54) is 12.1 Å².